The van der Waals surface area contributed by atoms with Gasteiger partial charge in [0, 0.05) is 35.7 Å². The standard InChI is InChI=1S/C21H31ClN2O4S/c1-19(2,3)28-18(26)23-10-9-21(27,20(13-23)7-5-6-8-20)14-24-12-16(29-4)15(22)11-17(24)25/h11-12,27H,5-10,13-14H2,1-4H3. The van der Waals surface area contributed by atoms with Gasteiger partial charge in [-0.1, -0.05) is 24.4 Å². The van der Waals surface area contributed by atoms with Crippen molar-refractivity contribution in [2.24, 2.45) is 5.41 Å². The second kappa shape index (κ2) is 8.16. The zero-order valence-corrected chi connectivity index (χ0v) is 19.2. The van der Waals surface area contributed by atoms with Gasteiger partial charge in [-0.05, 0) is 46.3 Å². The third-order valence-corrected chi connectivity index (χ3v) is 7.37. The fourth-order valence-electron chi connectivity index (χ4n) is 4.67. The third-order valence-electron chi connectivity index (χ3n) is 6.18. The second-order valence-electron chi connectivity index (χ2n) is 9.33. The monoisotopic (exact) mass is 442 g/mol. The maximum Gasteiger partial charge on any atom is 0.410 e. The van der Waals surface area contributed by atoms with Gasteiger partial charge in [0.1, 0.15) is 5.60 Å². The van der Waals surface area contributed by atoms with E-state index in [-0.39, 0.29) is 18.2 Å². The molecular formula is C21H31ClN2O4S. The van der Waals surface area contributed by atoms with E-state index in [2.05, 4.69) is 0 Å². The highest BCUT2D eigenvalue weighted by atomic mass is 35.5. The van der Waals surface area contributed by atoms with Gasteiger partial charge in [-0.25, -0.2) is 4.79 Å². The Bertz CT molecular complexity index is 829. The number of halogens is 1. The summed E-state index contributed by atoms with van der Waals surface area (Å²) in [6, 6.07) is 1.41. The zero-order chi connectivity index (χ0) is 21.4. The van der Waals surface area contributed by atoms with E-state index in [0.717, 1.165) is 30.6 Å². The summed E-state index contributed by atoms with van der Waals surface area (Å²) in [5, 5.41) is 12.2. The summed E-state index contributed by atoms with van der Waals surface area (Å²) in [6.07, 6.45) is 7.40. The minimum Gasteiger partial charge on any atom is -0.444 e. The van der Waals surface area contributed by atoms with E-state index in [4.69, 9.17) is 16.3 Å². The number of hydrogen-bond acceptors (Lipinski definition) is 5. The Morgan fingerprint density at radius 2 is 1.97 bits per heavy atom. The minimum absolute atomic E-state index is 0.207. The van der Waals surface area contributed by atoms with Crippen molar-refractivity contribution >= 4 is 29.5 Å². The summed E-state index contributed by atoms with van der Waals surface area (Å²) < 4.78 is 7.13. The zero-order valence-electron chi connectivity index (χ0n) is 17.7. The molecule has 1 saturated carbocycles. The van der Waals surface area contributed by atoms with Gasteiger partial charge in [-0.15, -0.1) is 11.8 Å². The van der Waals surface area contributed by atoms with E-state index in [9.17, 15) is 14.7 Å². The predicted octanol–water partition coefficient (Wildman–Crippen LogP) is 4.16. The molecule has 0 bridgehead atoms. The number of amides is 1. The average molecular weight is 443 g/mol. The molecule has 2 aliphatic rings. The topological polar surface area (TPSA) is 71.8 Å². The highest BCUT2D eigenvalue weighted by molar-refractivity contribution is 7.98. The number of hydrogen-bond donors (Lipinski definition) is 1. The van der Waals surface area contributed by atoms with Gasteiger partial charge in [-0.2, -0.15) is 0 Å². The summed E-state index contributed by atoms with van der Waals surface area (Å²) in [7, 11) is 0. The van der Waals surface area contributed by atoms with Gasteiger partial charge in [0.25, 0.3) is 5.56 Å². The highest BCUT2D eigenvalue weighted by Crippen LogP contribution is 2.51. The molecule has 1 atom stereocenters. The van der Waals surface area contributed by atoms with E-state index in [1.165, 1.54) is 17.8 Å². The quantitative estimate of drug-likeness (QED) is 0.711. The Hall–Kier alpha value is -1.18. The highest BCUT2D eigenvalue weighted by Gasteiger charge is 2.56. The molecule has 1 aliphatic heterocycles. The lowest BCUT2D eigenvalue weighted by atomic mass is 9.66. The summed E-state index contributed by atoms with van der Waals surface area (Å²) in [4.78, 5) is 27.7. The molecule has 2 fully saturated rings. The van der Waals surface area contributed by atoms with Crippen molar-refractivity contribution in [3.63, 3.8) is 0 Å². The van der Waals surface area contributed by atoms with Crippen LogP contribution in [0.15, 0.2) is 22.0 Å². The van der Waals surface area contributed by atoms with Crippen molar-refractivity contribution in [2.45, 2.75) is 75.5 Å². The number of carbonyl (C=O) groups excluding carboxylic acids is 1. The first-order valence-corrected chi connectivity index (χ1v) is 11.7. The number of carbonyl (C=O) groups is 1. The number of ether oxygens (including phenoxy) is 1. The first-order chi connectivity index (χ1) is 13.5. The average Bonchev–Trinajstić information content (AvgIpc) is 3.08. The predicted molar refractivity (Wildman–Crippen MR) is 116 cm³/mol. The number of aromatic nitrogens is 1. The number of piperidine rings is 1. The number of aliphatic hydroxyl groups is 1. The number of rotatable bonds is 3. The molecule has 1 N–H and O–H groups in total. The van der Waals surface area contributed by atoms with Crippen LogP contribution in [0, 0.1) is 5.41 Å². The first-order valence-electron chi connectivity index (χ1n) is 10.1. The van der Waals surface area contributed by atoms with E-state index in [1.807, 2.05) is 27.0 Å². The molecule has 1 amide bonds. The van der Waals surface area contributed by atoms with Crippen LogP contribution in [0.3, 0.4) is 0 Å². The van der Waals surface area contributed by atoms with E-state index in [0.29, 0.717) is 24.5 Å². The minimum atomic E-state index is -1.06. The van der Waals surface area contributed by atoms with Gasteiger partial charge in [0.2, 0.25) is 0 Å². The van der Waals surface area contributed by atoms with Crippen LogP contribution in [0.4, 0.5) is 4.79 Å². The fraction of sp³-hybridized carbons (Fsp3) is 0.714. The van der Waals surface area contributed by atoms with Gasteiger partial charge >= 0.3 is 6.09 Å². The largest absolute Gasteiger partial charge is 0.444 e. The molecule has 1 unspecified atom stereocenters. The molecule has 162 valence electrons. The molecular weight excluding hydrogens is 412 g/mol. The fourth-order valence-corrected chi connectivity index (χ4v) is 5.53. The maximum absolute atomic E-state index is 12.6. The SMILES string of the molecule is CSc1cn(CC2(O)CCN(C(=O)OC(C)(C)C)CC23CCCC3)c(=O)cc1Cl. The van der Waals surface area contributed by atoms with Crippen LogP contribution >= 0.6 is 23.4 Å². The lowest BCUT2D eigenvalue weighted by Crippen LogP contribution is -2.62. The number of pyridine rings is 1. The second-order valence-corrected chi connectivity index (χ2v) is 10.6. The van der Waals surface area contributed by atoms with Crippen molar-refractivity contribution in [1.29, 1.82) is 0 Å². The van der Waals surface area contributed by atoms with Crippen molar-refractivity contribution < 1.29 is 14.6 Å². The first kappa shape index (κ1) is 22.5. The molecule has 1 spiro atoms. The third kappa shape index (κ3) is 4.62. The van der Waals surface area contributed by atoms with Crippen molar-refractivity contribution in [1.82, 2.24) is 9.47 Å². The molecule has 6 nitrogen and oxygen atoms in total. The van der Waals surface area contributed by atoms with Crippen LogP contribution in [-0.4, -0.2) is 51.2 Å². The molecule has 1 aromatic heterocycles. The normalized spacial score (nSPS) is 24.1. The lowest BCUT2D eigenvalue weighted by Gasteiger charge is -2.52. The smallest absolute Gasteiger partial charge is 0.410 e. The molecule has 0 radical (unpaired) electrons. The van der Waals surface area contributed by atoms with E-state index in [1.54, 1.807) is 15.7 Å². The van der Waals surface area contributed by atoms with Crippen molar-refractivity contribution in [3.05, 3.63) is 27.6 Å². The summed E-state index contributed by atoms with van der Waals surface area (Å²) >= 11 is 7.62. The van der Waals surface area contributed by atoms with Crippen molar-refractivity contribution in [2.75, 3.05) is 19.3 Å². The van der Waals surface area contributed by atoms with E-state index < -0.39 is 16.6 Å². The van der Waals surface area contributed by atoms with Gasteiger partial charge in [-0.3, -0.25) is 4.79 Å². The van der Waals surface area contributed by atoms with Crippen LogP contribution in [-0.2, 0) is 11.3 Å². The molecule has 2 heterocycles. The molecule has 1 aliphatic carbocycles. The Labute approximate surface area is 181 Å². The summed E-state index contributed by atoms with van der Waals surface area (Å²) in [6.45, 7) is 6.63. The van der Waals surface area contributed by atoms with Crippen LogP contribution in [0.2, 0.25) is 5.02 Å². The van der Waals surface area contributed by atoms with Crippen LogP contribution in [0.1, 0.15) is 52.9 Å². The molecule has 3 rings (SSSR count). The van der Waals surface area contributed by atoms with Crippen LogP contribution in [0.5, 0.6) is 0 Å². The Morgan fingerprint density at radius 3 is 2.55 bits per heavy atom. The van der Waals surface area contributed by atoms with Crippen LogP contribution in [0.25, 0.3) is 0 Å². The molecule has 1 saturated heterocycles. The Kier molecular flexibility index (Phi) is 6.33. The number of thioether (sulfide) groups is 1. The number of nitrogens with zero attached hydrogens (tertiary/aromatic N) is 2. The van der Waals surface area contributed by atoms with Gasteiger partial charge in [0.05, 0.1) is 17.2 Å². The molecule has 0 aromatic carbocycles. The lowest BCUT2D eigenvalue weighted by molar-refractivity contribution is -0.140. The Morgan fingerprint density at radius 1 is 1.31 bits per heavy atom. The van der Waals surface area contributed by atoms with E-state index >= 15 is 0 Å². The van der Waals surface area contributed by atoms with Gasteiger partial charge < -0.3 is 19.3 Å². The van der Waals surface area contributed by atoms with Crippen molar-refractivity contribution in [3.8, 4) is 0 Å². The van der Waals surface area contributed by atoms with Crippen LogP contribution < -0.4 is 5.56 Å². The number of likely N-dealkylation sites (tertiary alicyclic amines) is 1. The Balaban J connectivity index is 1.87. The summed E-state index contributed by atoms with van der Waals surface area (Å²) in [5.41, 5.74) is -2.27. The maximum atomic E-state index is 12.6. The molecule has 8 heteroatoms. The summed E-state index contributed by atoms with van der Waals surface area (Å²) in [5.74, 6) is 0. The molecule has 1 aromatic rings. The van der Waals surface area contributed by atoms with Gasteiger partial charge in [0.15, 0.2) is 0 Å². The molecule has 29 heavy (non-hydrogen) atoms.